The van der Waals surface area contributed by atoms with Crippen molar-refractivity contribution in [2.75, 3.05) is 44.2 Å². The fourth-order valence-corrected chi connectivity index (χ4v) is 3.85. The van der Waals surface area contributed by atoms with Crippen LogP contribution in [-0.2, 0) is 6.18 Å². The van der Waals surface area contributed by atoms with E-state index in [1.165, 1.54) is 11.0 Å². The number of anilines is 1. The Morgan fingerprint density at radius 1 is 0.867 bits per heavy atom. The Balaban J connectivity index is 1.33. The third kappa shape index (κ3) is 4.02. The third-order valence-electron chi connectivity index (χ3n) is 5.51. The monoisotopic (exact) mass is 418 g/mol. The molecule has 1 aromatic carbocycles. The van der Waals surface area contributed by atoms with Gasteiger partial charge in [-0.3, -0.25) is 19.4 Å². The number of carbonyl (C=O) groups is 2. The summed E-state index contributed by atoms with van der Waals surface area (Å²) in [6.07, 6.45) is -2.73. The minimum Gasteiger partial charge on any atom is -0.355 e. The number of imide groups is 1. The smallest absolute Gasteiger partial charge is 0.355 e. The topological polar surface area (TPSA) is 56.8 Å². The fourth-order valence-electron chi connectivity index (χ4n) is 3.85. The van der Waals surface area contributed by atoms with Crippen molar-refractivity contribution in [3.05, 3.63) is 59.3 Å². The highest BCUT2D eigenvalue weighted by Gasteiger charge is 2.35. The van der Waals surface area contributed by atoms with Gasteiger partial charge < -0.3 is 4.90 Å². The molecule has 0 unspecified atom stereocenters. The summed E-state index contributed by atoms with van der Waals surface area (Å²) in [4.78, 5) is 34.3. The van der Waals surface area contributed by atoms with Gasteiger partial charge in [0.15, 0.2) is 0 Å². The lowest BCUT2D eigenvalue weighted by molar-refractivity contribution is -0.137. The Bertz CT molecular complexity index is 911. The second-order valence-corrected chi connectivity index (χ2v) is 7.39. The van der Waals surface area contributed by atoms with Gasteiger partial charge in [0.05, 0.1) is 16.7 Å². The molecule has 2 aromatic rings. The van der Waals surface area contributed by atoms with E-state index in [1.54, 1.807) is 24.3 Å². The standard InChI is InChI=1S/C21H21F3N4O2/c22-21(23,24)15-6-7-18(25-14-15)27-9-3-8-26(10-12-27)11-13-28-19(29)16-4-1-2-5-17(16)20(28)30/h1-2,4-7,14H,3,8-13H2. The van der Waals surface area contributed by atoms with Crippen LogP contribution in [0.1, 0.15) is 32.7 Å². The van der Waals surface area contributed by atoms with Crippen LogP contribution >= 0.6 is 0 Å². The van der Waals surface area contributed by atoms with Gasteiger partial charge in [0.2, 0.25) is 0 Å². The Morgan fingerprint density at radius 2 is 1.57 bits per heavy atom. The van der Waals surface area contributed by atoms with Gasteiger partial charge in [-0.1, -0.05) is 12.1 Å². The summed E-state index contributed by atoms with van der Waals surface area (Å²) in [6.45, 7) is 3.61. The fraction of sp³-hybridized carbons (Fsp3) is 0.381. The van der Waals surface area contributed by atoms with E-state index in [9.17, 15) is 22.8 Å². The minimum absolute atomic E-state index is 0.263. The largest absolute Gasteiger partial charge is 0.417 e. The summed E-state index contributed by atoms with van der Waals surface area (Å²) in [7, 11) is 0. The minimum atomic E-state index is -4.40. The van der Waals surface area contributed by atoms with Gasteiger partial charge in [0.1, 0.15) is 5.82 Å². The van der Waals surface area contributed by atoms with Gasteiger partial charge >= 0.3 is 6.18 Å². The van der Waals surface area contributed by atoms with Crippen LogP contribution in [0.4, 0.5) is 19.0 Å². The molecule has 0 spiro atoms. The van der Waals surface area contributed by atoms with Crippen molar-refractivity contribution in [3.63, 3.8) is 0 Å². The molecule has 1 fully saturated rings. The molecule has 30 heavy (non-hydrogen) atoms. The lowest BCUT2D eigenvalue weighted by atomic mass is 10.1. The zero-order valence-electron chi connectivity index (χ0n) is 16.2. The first-order valence-electron chi connectivity index (χ1n) is 9.80. The molecule has 2 amide bonds. The summed E-state index contributed by atoms with van der Waals surface area (Å²) < 4.78 is 38.2. The number of hydrogen-bond acceptors (Lipinski definition) is 5. The van der Waals surface area contributed by atoms with Crippen LogP contribution in [0.2, 0.25) is 0 Å². The van der Waals surface area contributed by atoms with Gasteiger partial charge in [-0.15, -0.1) is 0 Å². The molecule has 0 radical (unpaired) electrons. The predicted octanol–water partition coefficient (Wildman–Crippen LogP) is 2.91. The number of benzene rings is 1. The molecule has 4 rings (SSSR count). The molecule has 0 saturated carbocycles. The van der Waals surface area contributed by atoms with Crippen LogP contribution in [0.25, 0.3) is 0 Å². The van der Waals surface area contributed by atoms with E-state index in [2.05, 4.69) is 9.88 Å². The van der Waals surface area contributed by atoms with Crippen molar-refractivity contribution < 1.29 is 22.8 Å². The van der Waals surface area contributed by atoms with E-state index in [4.69, 9.17) is 0 Å². The molecule has 6 nitrogen and oxygen atoms in total. The van der Waals surface area contributed by atoms with Crippen molar-refractivity contribution in [1.82, 2.24) is 14.8 Å². The van der Waals surface area contributed by atoms with Crippen LogP contribution < -0.4 is 4.90 Å². The maximum Gasteiger partial charge on any atom is 0.417 e. The van der Waals surface area contributed by atoms with Crippen molar-refractivity contribution in [3.8, 4) is 0 Å². The van der Waals surface area contributed by atoms with Gasteiger partial charge in [0, 0.05) is 38.9 Å². The van der Waals surface area contributed by atoms with Crippen LogP contribution in [0.15, 0.2) is 42.6 Å². The molecule has 2 aliphatic rings. The number of hydrogen-bond donors (Lipinski definition) is 0. The van der Waals surface area contributed by atoms with Crippen LogP contribution in [0, 0.1) is 0 Å². The number of rotatable bonds is 4. The van der Waals surface area contributed by atoms with Crippen molar-refractivity contribution in [2.45, 2.75) is 12.6 Å². The SMILES string of the molecule is O=C1c2ccccc2C(=O)N1CCN1CCCN(c2ccc(C(F)(F)F)cn2)CC1. The maximum atomic E-state index is 12.7. The number of alkyl halides is 3. The first-order valence-corrected chi connectivity index (χ1v) is 9.80. The van der Waals surface area contributed by atoms with E-state index in [0.717, 1.165) is 25.2 Å². The number of nitrogens with zero attached hydrogens (tertiary/aromatic N) is 4. The molecule has 1 saturated heterocycles. The Morgan fingerprint density at radius 3 is 2.17 bits per heavy atom. The predicted molar refractivity (Wildman–Crippen MR) is 104 cm³/mol. The normalized spacial score (nSPS) is 18.0. The average molecular weight is 418 g/mol. The molecule has 3 heterocycles. The molecule has 0 bridgehead atoms. The van der Waals surface area contributed by atoms with Crippen molar-refractivity contribution >= 4 is 17.6 Å². The van der Waals surface area contributed by atoms with Gasteiger partial charge in [-0.25, -0.2) is 4.98 Å². The van der Waals surface area contributed by atoms with E-state index >= 15 is 0 Å². The molecule has 0 N–H and O–H groups in total. The first-order chi connectivity index (χ1) is 14.3. The molecular formula is C21H21F3N4O2. The number of amides is 2. The number of halogens is 3. The average Bonchev–Trinajstić information content (AvgIpc) is 2.89. The van der Waals surface area contributed by atoms with E-state index < -0.39 is 11.7 Å². The quantitative estimate of drug-likeness (QED) is 0.715. The molecule has 0 aliphatic carbocycles. The Kier molecular flexibility index (Phi) is 5.46. The van der Waals surface area contributed by atoms with E-state index in [-0.39, 0.29) is 11.8 Å². The number of aromatic nitrogens is 1. The second-order valence-electron chi connectivity index (χ2n) is 7.39. The van der Waals surface area contributed by atoms with Crippen LogP contribution in [-0.4, -0.2) is 65.9 Å². The molecule has 158 valence electrons. The maximum absolute atomic E-state index is 12.7. The first kappa shape index (κ1) is 20.3. The van der Waals surface area contributed by atoms with Crippen molar-refractivity contribution in [2.24, 2.45) is 0 Å². The number of fused-ring (bicyclic) bond motifs is 1. The van der Waals surface area contributed by atoms with E-state index in [1.807, 2.05) is 4.90 Å². The molecule has 9 heteroatoms. The zero-order chi connectivity index (χ0) is 21.3. The lowest BCUT2D eigenvalue weighted by Crippen LogP contribution is -2.39. The van der Waals surface area contributed by atoms with Crippen molar-refractivity contribution in [1.29, 1.82) is 0 Å². The second kappa shape index (κ2) is 8.06. The summed E-state index contributed by atoms with van der Waals surface area (Å²) in [5.74, 6) is -0.00722. The molecule has 2 aliphatic heterocycles. The lowest BCUT2D eigenvalue weighted by Gasteiger charge is -2.24. The summed E-state index contributed by atoms with van der Waals surface area (Å²) in [6, 6.07) is 9.26. The van der Waals surface area contributed by atoms with E-state index in [0.29, 0.717) is 49.7 Å². The van der Waals surface area contributed by atoms with Gasteiger partial charge in [0.25, 0.3) is 11.8 Å². The third-order valence-corrected chi connectivity index (χ3v) is 5.51. The summed E-state index contributed by atoms with van der Waals surface area (Å²) >= 11 is 0. The highest BCUT2D eigenvalue weighted by molar-refractivity contribution is 6.21. The number of pyridine rings is 1. The molecule has 1 aromatic heterocycles. The summed E-state index contributed by atoms with van der Waals surface area (Å²) in [5.41, 5.74) is 0.125. The Hall–Kier alpha value is -2.94. The summed E-state index contributed by atoms with van der Waals surface area (Å²) in [5, 5.41) is 0. The molecule has 0 atom stereocenters. The van der Waals surface area contributed by atoms with Crippen LogP contribution in [0.5, 0.6) is 0 Å². The highest BCUT2D eigenvalue weighted by Crippen LogP contribution is 2.29. The Labute approximate surface area is 171 Å². The highest BCUT2D eigenvalue weighted by atomic mass is 19.4. The van der Waals surface area contributed by atoms with Gasteiger partial charge in [-0.05, 0) is 37.2 Å². The van der Waals surface area contributed by atoms with Gasteiger partial charge in [-0.2, -0.15) is 13.2 Å². The van der Waals surface area contributed by atoms with Crippen LogP contribution in [0.3, 0.4) is 0 Å². The molecular weight excluding hydrogens is 397 g/mol. The number of carbonyl (C=O) groups excluding carboxylic acids is 2. The zero-order valence-corrected chi connectivity index (χ0v) is 16.2.